The third kappa shape index (κ3) is 5.08. The van der Waals surface area contributed by atoms with Crippen molar-refractivity contribution < 1.29 is 4.39 Å². The van der Waals surface area contributed by atoms with Gasteiger partial charge >= 0.3 is 0 Å². The highest BCUT2D eigenvalue weighted by molar-refractivity contribution is 7.80. The number of rotatable bonds is 7. The summed E-state index contributed by atoms with van der Waals surface area (Å²) in [6.07, 6.45) is 1.89. The third-order valence-corrected chi connectivity index (χ3v) is 4.54. The Morgan fingerprint density at radius 2 is 1.96 bits per heavy atom. The average Bonchev–Trinajstić information content (AvgIpc) is 2.99. The third-order valence-electron chi connectivity index (χ3n) is 4.30. The molecule has 0 saturated heterocycles. The van der Waals surface area contributed by atoms with Gasteiger partial charge in [0.1, 0.15) is 11.6 Å². The molecule has 5 nitrogen and oxygen atoms in total. The summed E-state index contributed by atoms with van der Waals surface area (Å²) in [6.45, 7) is 5.93. The van der Waals surface area contributed by atoms with Crippen LogP contribution < -0.4 is 10.7 Å². The van der Waals surface area contributed by atoms with E-state index in [4.69, 9.17) is 0 Å². The van der Waals surface area contributed by atoms with Gasteiger partial charge in [-0.05, 0) is 23.6 Å². The van der Waals surface area contributed by atoms with Crippen LogP contribution in [0.25, 0.3) is 0 Å². The van der Waals surface area contributed by atoms with Crippen molar-refractivity contribution in [1.82, 2.24) is 19.9 Å². The summed E-state index contributed by atoms with van der Waals surface area (Å²) in [4.78, 5) is 19.2. The number of benzene rings is 1. The molecule has 0 fully saturated rings. The molecular formula is C20H23FN4OS. The molecule has 2 heterocycles. The fraction of sp³-hybridized carbons (Fsp3) is 0.300. The minimum Gasteiger partial charge on any atom is -0.353 e. The number of hydrogen-bond acceptors (Lipinski definition) is 4. The maximum absolute atomic E-state index is 13.2. The predicted molar refractivity (Wildman–Crippen MR) is 107 cm³/mol. The monoisotopic (exact) mass is 386 g/mol. The van der Waals surface area contributed by atoms with Crippen molar-refractivity contribution in [2.45, 2.75) is 44.4 Å². The van der Waals surface area contributed by atoms with Crippen LogP contribution >= 0.6 is 12.6 Å². The van der Waals surface area contributed by atoms with E-state index in [0.717, 1.165) is 22.8 Å². The molecule has 0 bridgehead atoms. The molecule has 0 unspecified atom stereocenters. The first-order valence-corrected chi connectivity index (χ1v) is 9.29. The van der Waals surface area contributed by atoms with Crippen molar-refractivity contribution in [3.63, 3.8) is 0 Å². The Labute approximate surface area is 163 Å². The van der Waals surface area contributed by atoms with E-state index < -0.39 is 0 Å². The first kappa shape index (κ1) is 19.4. The maximum atomic E-state index is 13.2. The number of hydrogen-bond donors (Lipinski definition) is 3. The lowest BCUT2D eigenvalue weighted by molar-refractivity contribution is 0.592. The Kier molecular flexibility index (Phi) is 6.13. The Balaban J connectivity index is 1.74. The first-order chi connectivity index (χ1) is 12.9. The van der Waals surface area contributed by atoms with Gasteiger partial charge in [0.2, 0.25) is 0 Å². The minimum absolute atomic E-state index is 0.0737. The summed E-state index contributed by atoms with van der Waals surface area (Å²) >= 11 is 4.19. The molecule has 1 aromatic carbocycles. The van der Waals surface area contributed by atoms with Crippen LogP contribution in [0.4, 0.5) is 4.39 Å². The summed E-state index contributed by atoms with van der Waals surface area (Å²) in [5.41, 5.74) is 2.84. The van der Waals surface area contributed by atoms with Gasteiger partial charge in [-0.15, -0.1) is 12.6 Å². The van der Waals surface area contributed by atoms with E-state index in [9.17, 15) is 9.18 Å². The van der Waals surface area contributed by atoms with Gasteiger partial charge in [0, 0.05) is 42.8 Å². The summed E-state index contributed by atoms with van der Waals surface area (Å²) in [7, 11) is 0. The highest BCUT2D eigenvalue weighted by Gasteiger charge is 2.13. The zero-order valence-corrected chi connectivity index (χ0v) is 16.3. The molecular weight excluding hydrogens is 363 g/mol. The van der Waals surface area contributed by atoms with Gasteiger partial charge < -0.3 is 14.9 Å². The van der Waals surface area contributed by atoms with Crippen LogP contribution in [0.2, 0.25) is 0 Å². The smallest absolute Gasteiger partial charge is 0.183 e. The van der Waals surface area contributed by atoms with E-state index in [2.05, 4.69) is 46.3 Å². The van der Waals surface area contributed by atoms with E-state index in [1.165, 1.54) is 18.2 Å². The molecule has 0 saturated carbocycles. The lowest BCUT2D eigenvalue weighted by Crippen LogP contribution is -2.20. The molecule has 2 aromatic heterocycles. The van der Waals surface area contributed by atoms with E-state index in [0.29, 0.717) is 30.6 Å². The molecule has 0 amide bonds. The van der Waals surface area contributed by atoms with Crippen molar-refractivity contribution in [1.29, 1.82) is 0 Å². The Morgan fingerprint density at radius 1 is 1.22 bits per heavy atom. The molecule has 2 N–H and O–H groups in total. The maximum Gasteiger partial charge on any atom is 0.183 e. The number of aromatic nitrogens is 3. The summed E-state index contributed by atoms with van der Waals surface area (Å²) in [6, 6.07) is 9.52. The number of imidazole rings is 1. The number of halogens is 1. The lowest BCUT2D eigenvalue weighted by Gasteiger charge is -2.15. The molecule has 27 heavy (non-hydrogen) atoms. The zero-order chi connectivity index (χ0) is 19.4. The van der Waals surface area contributed by atoms with Crippen LogP contribution in [0, 0.1) is 5.82 Å². The second-order valence-electron chi connectivity index (χ2n) is 6.80. The van der Waals surface area contributed by atoms with Gasteiger partial charge in [0.05, 0.1) is 11.6 Å². The van der Waals surface area contributed by atoms with Crippen LogP contribution in [0.15, 0.2) is 52.4 Å². The number of pyridine rings is 1. The van der Waals surface area contributed by atoms with Gasteiger partial charge in [0.15, 0.2) is 5.43 Å². The lowest BCUT2D eigenvalue weighted by atomic mass is 10.1. The van der Waals surface area contributed by atoms with E-state index in [1.54, 1.807) is 18.2 Å². The van der Waals surface area contributed by atoms with Crippen molar-refractivity contribution in [3.8, 4) is 0 Å². The summed E-state index contributed by atoms with van der Waals surface area (Å²) in [5, 5.41) is 3.85. The SMILES string of the molecule is CC(C)c1cnc(CNCc2cc(=O)cc(S)[nH]2)n1Cc1ccc(F)cc1. The Morgan fingerprint density at radius 3 is 2.63 bits per heavy atom. The van der Waals surface area contributed by atoms with Gasteiger partial charge in [-0.1, -0.05) is 26.0 Å². The Hall–Kier alpha value is -2.38. The quantitative estimate of drug-likeness (QED) is 0.545. The van der Waals surface area contributed by atoms with Gasteiger partial charge in [-0.2, -0.15) is 0 Å². The number of nitrogens with zero attached hydrogens (tertiary/aromatic N) is 2. The number of thiol groups is 1. The van der Waals surface area contributed by atoms with Crippen LogP contribution in [-0.2, 0) is 19.6 Å². The van der Waals surface area contributed by atoms with Gasteiger partial charge in [-0.25, -0.2) is 9.37 Å². The highest BCUT2D eigenvalue weighted by atomic mass is 32.1. The largest absolute Gasteiger partial charge is 0.353 e. The second kappa shape index (κ2) is 8.54. The molecule has 0 aliphatic carbocycles. The summed E-state index contributed by atoms with van der Waals surface area (Å²) < 4.78 is 15.3. The van der Waals surface area contributed by atoms with E-state index in [1.807, 2.05) is 6.20 Å². The topological polar surface area (TPSA) is 62.7 Å². The standard InChI is InChI=1S/C20H23FN4OS/c1-13(2)18-10-23-19(25(18)12-14-3-5-15(21)6-4-14)11-22-9-16-7-17(26)8-20(27)24-16/h3-8,10,13,22H,9,11-12H2,1-2H3,(H2,24,26,27). The predicted octanol–water partition coefficient (Wildman–Crippen LogP) is 3.46. The van der Waals surface area contributed by atoms with Crippen molar-refractivity contribution in [3.05, 3.63) is 81.4 Å². The van der Waals surface area contributed by atoms with E-state index in [-0.39, 0.29) is 11.2 Å². The van der Waals surface area contributed by atoms with Crippen molar-refractivity contribution in [2.24, 2.45) is 0 Å². The normalized spacial score (nSPS) is 11.3. The van der Waals surface area contributed by atoms with Gasteiger partial charge in [-0.3, -0.25) is 4.79 Å². The number of H-pyrrole nitrogens is 1. The second-order valence-corrected chi connectivity index (χ2v) is 7.28. The van der Waals surface area contributed by atoms with Gasteiger partial charge in [0.25, 0.3) is 0 Å². The van der Waals surface area contributed by atoms with Crippen molar-refractivity contribution >= 4 is 12.6 Å². The van der Waals surface area contributed by atoms with Crippen molar-refractivity contribution in [2.75, 3.05) is 0 Å². The van der Waals surface area contributed by atoms with Crippen LogP contribution in [0.5, 0.6) is 0 Å². The average molecular weight is 386 g/mol. The molecule has 0 spiro atoms. The number of nitrogens with one attached hydrogen (secondary N) is 2. The number of aromatic amines is 1. The van der Waals surface area contributed by atoms with E-state index >= 15 is 0 Å². The molecule has 0 aliphatic rings. The molecule has 7 heteroatoms. The highest BCUT2D eigenvalue weighted by Crippen LogP contribution is 2.18. The van der Waals surface area contributed by atoms with Crippen LogP contribution in [0.1, 0.15) is 42.5 Å². The summed E-state index contributed by atoms with van der Waals surface area (Å²) in [5.74, 6) is 0.979. The zero-order valence-electron chi connectivity index (χ0n) is 15.4. The fourth-order valence-electron chi connectivity index (χ4n) is 2.97. The molecule has 0 aliphatic heterocycles. The van der Waals surface area contributed by atoms with Crippen LogP contribution in [0.3, 0.4) is 0 Å². The molecule has 0 atom stereocenters. The Bertz CT molecular complexity index is 963. The molecule has 142 valence electrons. The first-order valence-electron chi connectivity index (χ1n) is 8.84. The molecule has 3 aromatic rings. The fourth-order valence-corrected chi connectivity index (χ4v) is 3.25. The molecule has 0 radical (unpaired) electrons. The molecule has 3 rings (SSSR count). The van der Waals surface area contributed by atoms with Crippen LogP contribution in [-0.4, -0.2) is 14.5 Å². The minimum atomic E-state index is -0.240.